The average Bonchev–Trinajstić information content (AvgIpc) is 2.12. The summed E-state index contributed by atoms with van der Waals surface area (Å²) in [5.74, 6) is -0.699. The highest BCUT2D eigenvalue weighted by atomic mass is 19.1. The maximum Gasteiger partial charge on any atom is 0.128 e. The fourth-order valence-electron chi connectivity index (χ4n) is 1.91. The van der Waals surface area contributed by atoms with Crippen LogP contribution in [0.2, 0.25) is 0 Å². The molecule has 1 aliphatic carbocycles. The van der Waals surface area contributed by atoms with Gasteiger partial charge in [0.1, 0.15) is 11.6 Å². The van der Waals surface area contributed by atoms with Gasteiger partial charge in [-0.1, -0.05) is 0 Å². The second kappa shape index (κ2) is 3.07. The van der Waals surface area contributed by atoms with Gasteiger partial charge >= 0.3 is 0 Å². The van der Waals surface area contributed by atoms with E-state index in [2.05, 4.69) is 0 Å². The predicted molar refractivity (Wildman–Crippen MR) is 46.2 cm³/mol. The lowest BCUT2D eigenvalue weighted by Crippen LogP contribution is -2.20. The molecule has 0 radical (unpaired) electrons. The molecule has 1 aromatic carbocycles. The third-order valence-electron chi connectivity index (χ3n) is 2.56. The SMILES string of the molecule is N[C@@H]1CCCc2c(F)ccc(F)c21. The number of rotatable bonds is 0. The van der Waals surface area contributed by atoms with Gasteiger partial charge in [-0.15, -0.1) is 0 Å². The Kier molecular flexibility index (Phi) is 2.04. The lowest BCUT2D eigenvalue weighted by molar-refractivity contribution is 0.493. The van der Waals surface area contributed by atoms with Gasteiger partial charge in [0.05, 0.1) is 0 Å². The van der Waals surface area contributed by atoms with Crippen molar-refractivity contribution in [1.82, 2.24) is 0 Å². The zero-order valence-corrected chi connectivity index (χ0v) is 7.19. The van der Waals surface area contributed by atoms with E-state index in [9.17, 15) is 8.78 Å². The molecule has 0 aliphatic heterocycles. The summed E-state index contributed by atoms with van der Waals surface area (Å²) in [6, 6.07) is 1.99. The number of hydrogen-bond acceptors (Lipinski definition) is 1. The maximum atomic E-state index is 13.3. The summed E-state index contributed by atoms with van der Waals surface area (Å²) in [7, 11) is 0. The first-order chi connectivity index (χ1) is 6.20. The van der Waals surface area contributed by atoms with Crippen LogP contribution in [0.15, 0.2) is 12.1 Å². The van der Waals surface area contributed by atoms with Crippen molar-refractivity contribution in [3.8, 4) is 0 Å². The highest BCUT2D eigenvalue weighted by Crippen LogP contribution is 2.31. The lowest BCUT2D eigenvalue weighted by Gasteiger charge is -2.22. The summed E-state index contributed by atoms with van der Waals surface area (Å²) in [6.07, 6.45) is 2.19. The van der Waals surface area contributed by atoms with Gasteiger partial charge in [-0.25, -0.2) is 8.78 Å². The Bertz CT molecular complexity index is 336. The summed E-state index contributed by atoms with van der Waals surface area (Å²) >= 11 is 0. The van der Waals surface area contributed by atoms with Crippen LogP contribution in [0.25, 0.3) is 0 Å². The first kappa shape index (κ1) is 8.63. The fourth-order valence-corrected chi connectivity index (χ4v) is 1.91. The van der Waals surface area contributed by atoms with Crippen LogP contribution >= 0.6 is 0 Å². The Labute approximate surface area is 75.6 Å². The van der Waals surface area contributed by atoms with Crippen LogP contribution in [0.3, 0.4) is 0 Å². The van der Waals surface area contributed by atoms with Crippen molar-refractivity contribution in [3.05, 3.63) is 34.9 Å². The number of hydrogen-bond donors (Lipinski definition) is 1. The van der Waals surface area contributed by atoms with Gasteiger partial charge in [0.2, 0.25) is 0 Å². The van der Waals surface area contributed by atoms with E-state index in [1.54, 1.807) is 0 Å². The topological polar surface area (TPSA) is 26.0 Å². The van der Waals surface area contributed by atoms with Crippen molar-refractivity contribution < 1.29 is 8.78 Å². The molecule has 0 amide bonds. The molecule has 2 rings (SSSR count). The van der Waals surface area contributed by atoms with Crippen molar-refractivity contribution in [2.75, 3.05) is 0 Å². The Hall–Kier alpha value is -0.960. The van der Waals surface area contributed by atoms with Gasteiger partial charge in [-0.2, -0.15) is 0 Å². The summed E-state index contributed by atoms with van der Waals surface area (Å²) < 4.78 is 26.5. The summed E-state index contributed by atoms with van der Waals surface area (Å²) in [5, 5.41) is 0. The van der Waals surface area contributed by atoms with Gasteiger partial charge in [0.15, 0.2) is 0 Å². The van der Waals surface area contributed by atoms with E-state index in [-0.39, 0.29) is 17.7 Å². The molecule has 70 valence electrons. The molecule has 0 fully saturated rings. The van der Waals surface area contributed by atoms with E-state index in [4.69, 9.17) is 5.73 Å². The van der Waals surface area contributed by atoms with Crippen LogP contribution in [-0.2, 0) is 6.42 Å². The molecule has 0 spiro atoms. The molecule has 0 heterocycles. The number of fused-ring (bicyclic) bond motifs is 1. The molecule has 2 N–H and O–H groups in total. The van der Waals surface area contributed by atoms with Gasteiger partial charge in [-0.3, -0.25) is 0 Å². The van der Waals surface area contributed by atoms with Crippen LogP contribution in [0, 0.1) is 11.6 Å². The quantitative estimate of drug-likeness (QED) is 0.656. The number of nitrogens with two attached hydrogens (primary N) is 1. The monoisotopic (exact) mass is 183 g/mol. The van der Waals surface area contributed by atoms with Crippen LogP contribution in [0.1, 0.15) is 30.0 Å². The maximum absolute atomic E-state index is 13.3. The van der Waals surface area contributed by atoms with Crippen LogP contribution in [0.5, 0.6) is 0 Å². The molecule has 0 aromatic heterocycles. The summed E-state index contributed by atoms with van der Waals surface area (Å²) in [6.45, 7) is 0. The molecule has 0 unspecified atom stereocenters. The van der Waals surface area contributed by atoms with Gasteiger partial charge in [0.25, 0.3) is 0 Å². The molecular formula is C10H11F2N. The molecular weight excluding hydrogens is 172 g/mol. The van der Waals surface area contributed by atoms with Crippen molar-refractivity contribution in [3.63, 3.8) is 0 Å². The van der Waals surface area contributed by atoms with E-state index < -0.39 is 0 Å². The average molecular weight is 183 g/mol. The zero-order chi connectivity index (χ0) is 9.42. The molecule has 1 atom stereocenters. The van der Waals surface area contributed by atoms with Crippen molar-refractivity contribution in [2.24, 2.45) is 5.73 Å². The summed E-state index contributed by atoms with van der Waals surface area (Å²) in [4.78, 5) is 0. The normalized spacial score (nSPS) is 21.3. The third kappa shape index (κ3) is 1.33. The molecule has 1 aliphatic rings. The zero-order valence-electron chi connectivity index (χ0n) is 7.19. The molecule has 13 heavy (non-hydrogen) atoms. The Morgan fingerprint density at radius 3 is 2.62 bits per heavy atom. The van der Waals surface area contributed by atoms with Gasteiger partial charge < -0.3 is 5.73 Å². The van der Waals surface area contributed by atoms with Crippen LogP contribution in [0.4, 0.5) is 8.78 Å². The minimum Gasteiger partial charge on any atom is -0.324 e. The largest absolute Gasteiger partial charge is 0.324 e. The summed E-state index contributed by atoms with van der Waals surface area (Å²) in [5.41, 5.74) is 6.56. The third-order valence-corrected chi connectivity index (χ3v) is 2.56. The molecule has 0 bridgehead atoms. The number of halogens is 2. The van der Waals surface area contributed by atoms with E-state index in [1.165, 1.54) is 6.07 Å². The van der Waals surface area contributed by atoms with Gasteiger partial charge in [0, 0.05) is 11.6 Å². The standard InChI is InChI=1S/C10H11F2N/c11-7-4-5-8(12)10-6(7)2-1-3-9(10)13/h4-5,9H,1-3,13H2/t9-/m1/s1. The molecule has 0 saturated carbocycles. The Balaban J connectivity index is 2.60. The molecule has 1 aromatic rings. The Morgan fingerprint density at radius 1 is 1.23 bits per heavy atom. The van der Waals surface area contributed by atoms with E-state index >= 15 is 0 Å². The second-order valence-electron chi connectivity index (χ2n) is 3.42. The Morgan fingerprint density at radius 2 is 1.92 bits per heavy atom. The van der Waals surface area contributed by atoms with E-state index in [0.29, 0.717) is 17.5 Å². The van der Waals surface area contributed by atoms with Crippen molar-refractivity contribution in [2.45, 2.75) is 25.3 Å². The predicted octanol–water partition coefficient (Wildman–Crippen LogP) is 2.30. The van der Waals surface area contributed by atoms with Gasteiger partial charge in [-0.05, 0) is 37.0 Å². The smallest absolute Gasteiger partial charge is 0.128 e. The fraction of sp³-hybridized carbons (Fsp3) is 0.400. The van der Waals surface area contributed by atoms with E-state index in [1.807, 2.05) is 0 Å². The minimum absolute atomic E-state index is 0.327. The first-order valence-electron chi connectivity index (χ1n) is 4.42. The lowest BCUT2D eigenvalue weighted by atomic mass is 9.87. The van der Waals surface area contributed by atoms with Crippen molar-refractivity contribution in [1.29, 1.82) is 0 Å². The molecule has 0 saturated heterocycles. The molecule has 1 nitrogen and oxygen atoms in total. The van der Waals surface area contributed by atoms with Crippen LogP contribution in [-0.4, -0.2) is 0 Å². The van der Waals surface area contributed by atoms with E-state index in [0.717, 1.165) is 18.9 Å². The van der Waals surface area contributed by atoms with Crippen LogP contribution < -0.4 is 5.73 Å². The highest BCUT2D eigenvalue weighted by Gasteiger charge is 2.23. The second-order valence-corrected chi connectivity index (χ2v) is 3.42. The first-order valence-corrected chi connectivity index (χ1v) is 4.42. The molecule has 3 heteroatoms. The van der Waals surface area contributed by atoms with Crippen molar-refractivity contribution >= 4 is 0 Å². The highest BCUT2D eigenvalue weighted by molar-refractivity contribution is 5.34. The number of benzene rings is 1. The minimum atomic E-state index is -0.372.